The fourth-order valence-corrected chi connectivity index (χ4v) is 2.33. The van der Waals surface area contributed by atoms with E-state index in [0.717, 1.165) is 22.8 Å². The molecule has 0 radical (unpaired) electrons. The van der Waals surface area contributed by atoms with Crippen molar-refractivity contribution in [3.05, 3.63) is 59.7 Å². The molecule has 3 rings (SSSR count). The highest BCUT2D eigenvalue weighted by atomic mass is 16.1. The van der Waals surface area contributed by atoms with Crippen LogP contribution in [0, 0.1) is 5.92 Å². The van der Waals surface area contributed by atoms with Crippen molar-refractivity contribution in [3.63, 3.8) is 0 Å². The molecule has 2 aromatic carbocycles. The van der Waals surface area contributed by atoms with Crippen molar-refractivity contribution >= 4 is 16.6 Å². The number of hydrogen-bond acceptors (Lipinski definition) is 1. The standard InChI is InChI=1S/C16H14O/c1-2-11-5-3-6-12-7-4-8-14(15(11)12)16(17)13-9-10-13/h3-10,13H,2H2,1H3. The predicted molar refractivity (Wildman–Crippen MR) is 70.3 cm³/mol. The molecule has 0 aliphatic heterocycles. The molecule has 0 saturated heterocycles. The molecule has 0 fully saturated rings. The van der Waals surface area contributed by atoms with E-state index in [1.807, 2.05) is 24.3 Å². The average molecular weight is 222 g/mol. The Labute approximate surface area is 101 Å². The smallest absolute Gasteiger partial charge is 0.174 e. The van der Waals surface area contributed by atoms with E-state index in [4.69, 9.17) is 0 Å². The van der Waals surface area contributed by atoms with Gasteiger partial charge in [0.15, 0.2) is 5.78 Å². The lowest BCUT2D eigenvalue weighted by Gasteiger charge is -2.09. The van der Waals surface area contributed by atoms with Crippen LogP contribution in [0.15, 0.2) is 48.6 Å². The number of benzene rings is 2. The van der Waals surface area contributed by atoms with E-state index in [1.165, 1.54) is 5.56 Å². The number of hydrogen-bond donors (Lipinski definition) is 0. The minimum atomic E-state index is 0.0468. The Kier molecular flexibility index (Phi) is 2.32. The van der Waals surface area contributed by atoms with Crippen LogP contribution in [0.2, 0.25) is 0 Å². The van der Waals surface area contributed by atoms with Crippen LogP contribution in [0.25, 0.3) is 10.8 Å². The molecule has 0 amide bonds. The number of aryl methyl sites for hydroxylation is 1. The Morgan fingerprint density at radius 1 is 1.12 bits per heavy atom. The maximum absolute atomic E-state index is 12.2. The van der Waals surface area contributed by atoms with Gasteiger partial charge in [-0.05, 0) is 22.8 Å². The van der Waals surface area contributed by atoms with E-state index < -0.39 is 0 Å². The summed E-state index contributed by atoms with van der Waals surface area (Å²) in [4.78, 5) is 12.2. The van der Waals surface area contributed by atoms with Gasteiger partial charge in [-0.3, -0.25) is 4.79 Å². The highest BCUT2D eigenvalue weighted by Gasteiger charge is 2.24. The van der Waals surface area contributed by atoms with Crippen molar-refractivity contribution in [1.29, 1.82) is 0 Å². The molecule has 84 valence electrons. The lowest BCUT2D eigenvalue weighted by atomic mass is 9.94. The van der Waals surface area contributed by atoms with Crippen LogP contribution < -0.4 is 0 Å². The van der Waals surface area contributed by atoms with E-state index in [-0.39, 0.29) is 11.7 Å². The Morgan fingerprint density at radius 2 is 1.82 bits per heavy atom. The number of fused-ring (bicyclic) bond motifs is 1. The largest absolute Gasteiger partial charge is 0.293 e. The SMILES string of the molecule is CCc1cccc2cccc(C(=O)C3C=C3)c12. The number of rotatable bonds is 3. The molecular formula is C16H14O. The fraction of sp³-hybridized carbons (Fsp3) is 0.188. The van der Waals surface area contributed by atoms with Crippen molar-refractivity contribution in [3.8, 4) is 0 Å². The molecule has 1 heteroatoms. The quantitative estimate of drug-likeness (QED) is 0.570. The van der Waals surface area contributed by atoms with Crippen LogP contribution >= 0.6 is 0 Å². The zero-order valence-electron chi connectivity index (χ0n) is 9.81. The molecule has 2 aromatic rings. The Morgan fingerprint density at radius 3 is 2.47 bits per heavy atom. The average Bonchev–Trinajstić information content (AvgIpc) is 3.20. The third-order valence-corrected chi connectivity index (χ3v) is 3.33. The summed E-state index contributed by atoms with van der Waals surface area (Å²) >= 11 is 0. The summed E-state index contributed by atoms with van der Waals surface area (Å²) in [5, 5.41) is 2.30. The van der Waals surface area contributed by atoms with Gasteiger partial charge in [-0.15, -0.1) is 0 Å². The number of ketones is 1. The highest BCUT2D eigenvalue weighted by molar-refractivity contribution is 6.12. The third kappa shape index (κ3) is 1.68. The monoisotopic (exact) mass is 222 g/mol. The van der Waals surface area contributed by atoms with Crippen LogP contribution in [0.5, 0.6) is 0 Å². The molecule has 1 aliphatic rings. The molecule has 1 aliphatic carbocycles. The lowest BCUT2D eigenvalue weighted by Crippen LogP contribution is -2.04. The van der Waals surface area contributed by atoms with Crippen LogP contribution in [0.1, 0.15) is 22.8 Å². The molecule has 0 N–H and O–H groups in total. The summed E-state index contributed by atoms with van der Waals surface area (Å²) in [6, 6.07) is 12.2. The molecule has 0 unspecified atom stereocenters. The zero-order valence-corrected chi connectivity index (χ0v) is 9.81. The summed E-state index contributed by atoms with van der Waals surface area (Å²) in [6.45, 7) is 2.13. The first-order chi connectivity index (χ1) is 8.31. The van der Waals surface area contributed by atoms with Gasteiger partial charge in [0.2, 0.25) is 0 Å². The topological polar surface area (TPSA) is 17.1 Å². The predicted octanol–water partition coefficient (Wildman–Crippen LogP) is 3.77. The van der Waals surface area contributed by atoms with Crippen molar-refractivity contribution in [1.82, 2.24) is 0 Å². The summed E-state index contributed by atoms with van der Waals surface area (Å²) in [5.41, 5.74) is 2.13. The zero-order chi connectivity index (χ0) is 11.8. The molecule has 0 aromatic heterocycles. The minimum absolute atomic E-state index is 0.0468. The minimum Gasteiger partial charge on any atom is -0.293 e. The van der Waals surface area contributed by atoms with E-state index in [2.05, 4.69) is 31.2 Å². The summed E-state index contributed by atoms with van der Waals surface area (Å²) in [6.07, 6.45) is 4.87. The lowest BCUT2D eigenvalue weighted by molar-refractivity contribution is 0.0978. The van der Waals surface area contributed by atoms with Gasteiger partial charge in [0, 0.05) is 5.56 Å². The van der Waals surface area contributed by atoms with Gasteiger partial charge < -0.3 is 0 Å². The summed E-state index contributed by atoms with van der Waals surface area (Å²) in [5.74, 6) is 0.280. The second-order valence-electron chi connectivity index (χ2n) is 4.45. The third-order valence-electron chi connectivity index (χ3n) is 3.33. The molecule has 0 heterocycles. The highest BCUT2D eigenvalue weighted by Crippen LogP contribution is 2.29. The first-order valence-electron chi connectivity index (χ1n) is 6.04. The Bertz CT molecular complexity index is 611. The number of allylic oxidation sites excluding steroid dienone is 2. The van der Waals surface area contributed by atoms with E-state index in [1.54, 1.807) is 0 Å². The molecule has 0 saturated carbocycles. The summed E-state index contributed by atoms with van der Waals surface area (Å²) < 4.78 is 0. The van der Waals surface area contributed by atoms with Crippen molar-refractivity contribution in [2.24, 2.45) is 5.92 Å². The van der Waals surface area contributed by atoms with Gasteiger partial charge >= 0.3 is 0 Å². The second kappa shape index (κ2) is 3.85. The van der Waals surface area contributed by atoms with Gasteiger partial charge in [0.1, 0.15) is 0 Å². The fourth-order valence-electron chi connectivity index (χ4n) is 2.33. The van der Waals surface area contributed by atoms with Gasteiger partial charge in [-0.2, -0.15) is 0 Å². The molecule has 0 spiro atoms. The maximum Gasteiger partial charge on any atom is 0.174 e. The first-order valence-corrected chi connectivity index (χ1v) is 6.04. The van der Waals surface area contributed by atoms with Gasteiger partial charge in [-0.25, -0.2) is 0 Å². The van der Waals surface area contributed by atoms with Crippen molar-refractivity contribution in [2.75, 3.05) is 0 Å². The van der Waals surface area contributed by atoms with E-state index in [0.29, 0.717) is 0 Å². The van der Waals surface area contributed by atoms with Crippen LogP contribution in [0.4, 0.5) is 0 Å². The van der Waals surface area contributed by atoms with Gasteiger partial charge in [0.05, 0.1) is 5.92 Å². The normalized spacial score (nSPS) is 14.2. The summed E-state index contributed by atoms with van der Waals surface area (Å²) in [7, 11) is 0. The molecule has 17 heavy (non-hydrogen) atoms. The Hall–Kier alpha value is -1.89. The number of Topliss-reactive ketones (excluding diaryl/α,β-unsaturated/α-hetero) is 1. The second-order valence-corrected chi connectivity index (χ2v) is 4.45. The molecule has 1 nitrogen and oxygen atoms in total. The van der Waals surface area contributed by atoms with Gasteiger partial charge in [0.25, 0.3) is 0 Å². The van der Waals surface area contributed by atoms with Crippen LogP contribution in [-0.4, -0.2) is 5.78 Å². The first kappa shape index (κ1) is 10.3. The van der Waals surface area contributed by atoms with Crippen molar-refractivity contribution in [2.45, 2.75) is 13.3 Å². The maximum atomic E-state index is 12.2. The Balaban J connectivity index is 2.26. The van der Waals surface area contributed by atoms with Crippen LogP contribution in [0.3, 0.4) is 0 Å². The molecule has 0 bridgehead atoms. The molecule has 0 atom stereocenters. The molecular weight excluding hydrogens is 208 g/mol. The van der Waals surface area contributed by atoms with Crippen LogP contribution in [-0.2, 0) is 6.42 Å². The van der Waals surface area contributed by atoms with E-state index in [9.17, 15) is 4.79 Å². The van der Waals surface area contributed by atoms with Crippen molar-refractivity contribution < 1.29 is 4.79 Å². The number of carbonyl (C=O) groups excluding carboxylic acids is 1. The van der Waals surface area contributed by atoms with Gasteiger partial charge in [-0.1, -0.05) is 55.5 Å². The number of carbonyl (C=O) groups is 1. The van der Waals surface area contributed by atoms with E-state index >= 15 is 0 Å².